The number of para-hydroxylation sites is 1. The second-order valence-electron chi connectivity index (χ2n) is 5.69. The molecule has 1 aliphatic carbocycles. The minimum atomic E-state index is -3.94. The predicted octanol–water partition coefficient (Wildman–Crippen LogP) is 2.71. The van der Waals surface area contributed by atoms with Gasteiger partial charge in [-0.1, -0.05) is 32.0 Å². The number of aromatic nitrogens is 3. The second kappa shape index (κ2) is 4.30. The van der Waals surface area contributed by atoms with Crippen molar-refractivity contribution in [2.45, 2.75) is 31.3 Å². The number of rotatable bonds is 3. The smallest absolute Gasteiger partial charge is 0.269 e. The zero-order valence-corrected chi connectivity index (χ0v) is 12.7. The quantitative estimate of drug-likeness (QED) is 0.818. The van der Waals surface area contributed by atoms with E-state index in [0.717, 1.165) is 6.42 Å². The van der Waals surface area contributed by atoms with Crippen molar-refractivity contribution in [2.75, 3.05) is 0 Å². The van der Waals surface area contributed by atoms with Gasteiger partial charge in [-0.3, -0.25) is 4.57 Å². The van der Waals surface area contributed by atoms with E-state index in [-0.39, 0.29) is 16.5 Å². The molecule has 1 atom stereocenters. The highest BCUT2D eigenvalue weighted by Crippen LogP contribution is 2.58. The lowest BCUT2D eigenvalue weighted by atomic mass is 10.1. The number of benzene rings is 1. The fraction of sp³-hybridized carbons (Fsp3) is 0.385. The van der Waals surface area contributed by atoms with Crippen molar-refractivity contribution in [3.05, 3.63) is 36.2 Å². The highest BCUT2D eigenvalue weighted by atomic mass is 35.7. The molecule has 0 saturated heterocycles. The highest BCUT2D eigenvalue weighted by molar-refractivity contribution is 8.13. The summed E-state index contributed by atoms with van der Waals surface area (Å²) in [6, 6.07) is 9.16. The summed E-state index contributed by atoms with van der Waals surface area (Å²) in [7, 11) is 1.53. The topological polar surface area (TPSA) is 64.8 Å². The van der Waals surface area contributed by atoms with E-state index in [2.05, 4.69) is 24.0 Å². The van der Waals surface area contributed by atoms with E-state index in [1.54, 1.807) is 4.57 Å². The molecule has 1 aromatic heterocycles. The molecule has 1 aliphatic rings. The van der Waals surface area contributed by atoms with Gasteiger partial charge in [-0.15, -0.1) is 10.2 Å². The van der Waals surface area contributed by atoms with Crippen molar-refractivity contribution in [1.29, 1.82) is 0 Å². The molecule has 1 unspecified atom stereocenters. The second-order valence-corrected chi connectivity index (χ2v) is 8.15. The predicted molar refractivity (Wildman–Crippen MR) is 75.5 cm³/mol. The molecule has 0 aliphatic heterocycles. The Morgan fingerprint density at radius 3 is 2.35 bits per heavy atom. The average Bonchev–Trinajstić information content (AvgIpc) is 2.83. The molecule has 1 saturated carbocycles. The minimum Gasteiger partial charge on any atom is -0.269 e. The number of nitrogens with zero attached hydrogens (tertiary/aromatic N) is 3. The Morgan fingerprint density at radius 1 is 1.25 bits per heavy atom. The van der Waals surface area contributed by atoms with Crippen LogP contribution in [0.3, 0.4) is 0 Å². The van der Waals surface area contributed by atoms with Gasteiger partial charge in [-0.05, 0) is 24.0 Å². The van der Waals surface area contributed by atoms with Crippen LogP contribution in [0, 0.1) is 5.41 Å². The molecule has 0 radical (unpaired) electrons. The van der Waals surface area contributed by atoms with Crippen LogP contribution in [-0.2, 0) is 9.05 Å². The van der Waals surface area contributed by atoms with Gasteiger partial charge in [-0.25, -0.2) is 8.42 Å². The third-order valence-electron chi connectivity index (χ3n) is 3.72. The maximum atomic E-state index is 11.7. The van der Waals surface area contributed by atoms with E-state index in [1.165, 1.54) is 0 Å². The molecule has 7 heteroatoms. The molecule has 106 valence electrons. The van der Waals surface area contributed by atoms with Gasteiger partial charge in [-0.2, -0.15) is 0 Å². The van der Waals surface area contributed by atoms with Gasteiger partial charge >= 0.3 is 0 Å². The van der Waals surface area contributed by atoms with Crippen LogP contribution >= 0.6 is 10.7 Å². The van der Waals surface area contributed by atoms with E-state index < -0.39 is 9.05 Å². The normalized spacial score (nSPS) is 20.9. The van der Waals surface area contributed by atoms with Crippen molar-refractivity contribution in [2.24, 2.45) is 5.41 Å². The van der Waals surface area contributed by atoms with Gasteiger partial charge in [0.15, 0.2) is 0 Å². The molecule has 0 spiro atoms. The molecule has 0 N–H and O–H groups in total. The van der Waals surface area contributed by atoms with Crippen molar-refractivity contribution >= 4 is 19.7 Å². The number of halogens is 1. The first kappa shape index (κ1) is 13.6. The van der Waals surface area contributed by atoms with Crippen LogP contribution in [0.25, 0.3) is 5.69 Å². The van der Waals surface area contributed by atoms with Crippen LogP contribution in [-0.4, -0.2) is 23.2 Å². The third-order valence-corrected chi connectivity index (χ3v) is 4.83. The van der Waals surface area contributed by atoms with Gasteiger partial charge in [0.05, 0.1) is 0 Å². The lowest BCUT2D eigenvalue weighted by molar-refractivity contribution is 0.589. The standard InChI is InChI=1S/C13H14ClN3O2S/c1-13(2)8-10(13)11-15-16-12(20(14,18)19)17(11)9-6-4-3-5-7-9/h3-7,10H,8H2,1-2H3. The van der Waals surface area contributed by atoms with Crippen molar-refractivity contribution < 1.29 is 8.42 Å². The van der Waals surface area contributed by atoms with E-state index in [4.69, 9.17) is 10.7 Å². The SMILES string of the molecule is CC1(C)CC1c1nnc(S(=O)(=O)Cl)n1-c1ccccc1. The van der Waals surface area contributed by atoms with Crippen LogP contribution in [0.15, 0.2) is 35.5 Å². The summed E-state index contributed by atoms with van der Waals surface area (Å²) in [5.41, 5.74) is 0.821. The maximum Gasteiger partial charge on any atom is 0.297 e. The zero-order valence-electron chi connectivity index (χ0n) is 11.1. The molecule has 1 heterocycles. The Hall–Kier alpha value is -1.40. The Balaban J connectivity index is 2.21. The lowest BCUT2D eigenvalue weighted by Crippen LogP contribution is -2.08. The fourth-order valence-electron chi connectivity index (χ4n) is 2.39. The molecule has 20 heavy (non-hydrogen) atoms. The summed E-state index contributed by atoms with van der Waals surface area (Å²) < 4.78 is 24.9. The molecule has 1 aromatic carbocycles. The minimum absolute atomic E-state index is 0.118. The first-order valence-corrected chi connectivity index (χ1v) is 8.57. The fourth-order valence-corrected chi connectivity index (χ4v) is 3.25. The lowest BCUT2D eigenvalue weighted by Gasteiger charge is -2.09. The monoisotopic (exact) mass is 311 g/mol. The Labute approximate surface area is 122 Å². The summed E-state index contributed by atoms with van der Waals surface area (Å²) in [5.74, 6) is 0.850. The molecule has 1 fully saturated rings. The maximum absolute atomic E-state index is 11.7. The van der Waals surface area contributed by atoms with Gasteiger partial charge in [0, 0.05) is 22.3 Å². The molecule has 2 aromatic rings. The summed E-state index contributed by atoms with van der Waals surface area (Å²) in [6.07, 6.45) is 0.959. The van der Waals surface area contributed by atoms with Crippen LogP contribution < -0.4 is 0 Å². The molecular formula is C13H14ClN3O2S. The molecule has 5 nitrogen and oxygen atoms in total. The number of hydrogen-bond acceptors (Lipinski definition) is 4. The van der Waals surface area contributed by atoms with E-state index in [9.17, 15) is 8.42 Å². The molecule has 0 bridgehead atoms. The van der Waals surface area contributed by atoms with Gasteiger partial charge in [0.25, 0.3) is 14.2 Å². The summed E-state index contributed by atoms with van der Waals surface area (Å²) in [5, 5.41) is 7.63. The van der Waals surface area contributed by atoms with Gasteiger partial charge in [0.1, 0.15) is 5.82 Å². The van der Waals surface area contributed by atoms with Gasteiger partial charge in [0.2, 0.25) is 0 Å². The van der Waals surface area contributed by atoms with E-state index in [1.807, 2.05) is 30.3 Å². The summed E-state index contributed by atoms with van der Waals surface area (Å²) in [4.78, 5) is 0. The summed E-state index contributed by atoms with van der Waals surface area (Å²) >= 11 is 0. The van der Waals surface area contributed by atoms with Crippen LogP contribution in [0.4, 0.5) is 0 Å². The Kier molecular flexibility index (Phi) is 2.92. The molecular weight excluding hydrogens is 298 g/mol. The first-order valence-electron chi connectivity index (χ1n) is 6.26. The molecule has 0 amide bonds. The number of hydrogen-bond donors (Lipinski definition) is 0. The van der Waals surface area contributed by atoms with Crippen LogP contribution in [0.1, 0.15) is 32.0 Å². The average molecular weight is 312 g/mol. The van der Waals surface area contributed by atoms with Gasteiger partial charge < -0.3 is 0 Å². The van der Waals surface area contributed by atoms with Crippen molar-refractivity contribution in [3.63, 3.8) is 0 Å². The Morgan fingerprint density at radius 2 is 1.85 bits per heavy atom. The highest BCUT2D eigenvalue weighted by Gasteiger charge is 2.50. The first-order chi connectivity index (χ1) is 9.31. The van der Waals surface area contributed by atoms with Crippen LogP contribution in [0.5, 0.6) is 0 Å². The van der Waals surface area contributed by atoms with Crippen LogP contribution in [0.2, 0.25) is 0 Å². The third kappa shape index (κ3) is 2.23. The summed E-state index contributed by atoms with van der Waals surface area (Å²) in [6.45, 7) is 4.24. The van der Waals surface area contributed by atoms with Crippen molar-refractivity contribution in [3.8, 4) is 5.69 Å². The largest absolute Gasteiger partial charge is 0.297 e. The van der Waals surface area contributed by atoms with Crippen molar-refractivity contribution in [1.82, 2.24) is 14.8 Å². The zero-order chi connectivity index (χ0) is 14.5. The van der Waals surface area contributed by atoms with E-state index >= 15 is 0 Å². The Bertz CT molecular complexity index is 753. The molecule has 3 rings (SSSR count). The van der Waals surface area contributed by atoms with E-state index in [0.29, 0.717) is 11.5 Å².